The molecule has 0 heterocycles. The summed E-state index contributed by atoms with van der Waals surface area (Å²) in [6.07, 6.45) is 3.48. The summed E-state index contributed by atoms with van der Waals surface area (Å²) in [5.41, 5.74) is 7.23. The van der Waals surface area contributed by atoms with Crippen LogP contribution < -0.4 is 44.0 Å². The van der Waals surface area contributed by atoms with Gasteiger partial charge in [-0.25, -0.2) is 0 Å². The molecule has 0 spiro atoms. The van der Waals surface area contributed by atoms with Gasteiger partial charge in [-0.3, -0.25) is 9.59 Å². The molecule has 10 heteroatoms. The third-order valence-corrected chi connectivity index (χ3v) is 9.84. The maximum atomic E-state index is 12.5. The minimum Gasteiger partial charge on any atom is -0.504 e. The third-order valence-electron chi connectivity index (χ3n) is 9.84. The Kier molecular flexibility index (Phi) is 11.3. The van der Waals surface area contributed by atoms with Crippen molar-refractivity contribution in [1.29, 1.82) is 0 Å². The van der Waals surface area contributed by atoms with E-state index in [1.807, 2.05) is 18.2 Å². The lowest BCUT2D eigenvalue weighted by Crippen LogP contribution is -2.03. The average molecular weight is 699 g/mol. The predicted molar refractivity (Wildman–Crippen MR) is 197 cm³/mol. The van der Waals surface area contributed by atoms with Crippen LogP contribution in [0.15, 0.2) is 58.1 Å². The van der Waals surface area contributed by atoms with E-state index >= 15 is 0 Å². The molecule has 0 saturated carbocycles. The molecule has 0 aromatic heterocycles. The van der Waals surface area contributed by atoms with Gasteiger partial charge >= 0.3 is 0 Å². The molecule has 2 unspecified atom stereocenters. The van der Waals surface area contributed by atoms with Crippen molar-refractivity contribution in [2.45, 2.75) is 51.4 Å². The SMILES string of the molecule is COc1cc2c(c(OC)c1OC)-c1ccc(O)c(=O)cc1C(C)CC2.COc1cc2c(c(OC)c1OC)-c1ccc(OC)c(=O)cc1C(C)CC2. The lowest BCUT2D eigenvalue weighted by molar-refractivity contribution is 0.324. The van der Waals surface area contributed by atoms with Crippen LogP contribution >= 0.6 is 0 Å². The van der Waals surface area contributed by atoms with E-state index in [9.17, 15) is 14.7 Å². The minimum absolute atomic E-state index is 0.122. The van der Waals surface area contributed by atoms with Gasteiger partial charge < -0.3 is 38.3 Å². The van der Waals surface area contributed by atoms with Crippen molar-refractivity contribution >= 4 is 0 Å². The van der Waals surface area contributed by atoms with Crippen LogP contribution in [0.25, 0.3) is 22.3 Å². The zero-order valence-electron chi connectivity index (χ0n) is 30.7. The van der Waals surface area contributed by atoms with E-state index in [2.05, 4.69) is 13.8 Å². The molecule has 0 saturated heterocycles. The standard InChI is InChI=1S/C21H24O5.C20H22O5/c1-12-6-7-13-10-18(24-3)20(25-4)21(26-5)19(13)14-8-9-17(23-2)16(22)11-15(12)14;1-11-5-6-12-9-17(23-2)19(24-3)20(25-4)18(12)13-7-8-15(21)16(22)10-14(11)13/h8-12H,6-7H2,1-5H3;7-11H,5-6H2,1-4H3,(H,21,22). The number of ether oxygens (including phenoxy) is 7. The first-order chi connectivity index (χ1) is 24.6. The molecule has 1 N–H and O–H groups in total. The van der Waals surface area contributed by atoms with Gasteiger partial charge in [0.1, 0.15) is 0 Å². The van der Waals surface area contributed by atoms with E-state index in [-0.39, 0.29) is 28.4 Å². The van der Waals surface area contributed by atoms with Crippen LogP contribution in [-0.2, 0) is 12.8 Å². The van der Waals surface area contributed by atoms with Gasteiger partial charge in [0.25, 0.3) is 0 Å². The Bertz CT molecular complexity index is 2060. The van der Waals surface area contributed by atoms with Gasteiger partial charge in [0.2, 0.25) is 22.4 Å². The molecule has 270 valence electrons. The third kappa shape index (κ3) is 6.87. The highest BCUT2D eigenvalue weighted by atomic mass is 16.5. The Hall–Kier alpha value is -5.38. The van der Waals surface area contributed by atoms with Crippen molar-refractivity contribution in [2.75, 3.05) is 49.8 Å². The first-order valence-corrected chi connectivity index (χ1v) is 16.8. The van der Waals surface area contributed by atoms with Crippen LogP contribution in [0.1, 0.15) is 60.8 Å². The molecular formula is C41H46O10. The number of hydrogen-bond acceptors (Lipinski definition) is 10. The lowest BCUT2D eigenvalue weighted by Gasteiger charge is -2.19. The van der Waals surface area contributed by atoms with E-state index in [0.717, 1.165) is 70.2 Å². The molecule has 6 rings (SSSR count). The molecule has 0 radical (unpaired) electrons. The number of rotatable bonds is 7. The van der Waals surface area contributed by atoms with E-state index in [0.29, 0.717) is 40.2 Å². The average Bonchev–Trinajstić information content (AvgIpc) is 3.52. The fourth-order valence-electron chi connectivity index (χ4n) is 7.15. The molecule has 4 aromatic carbocycles. The highest BCUT2D eigenvalue weighted by molar-refractivity contribution is 5.84. The molecule has 0 aliphatic heterocycles. The van der Waals surface area contributed by atoms with Crippen LogP contribution in [0.4, 0.5) is 0 Å². The van der Waals surface area contributed by atoms with E-state index in [4.69, 9.17) is 33.2 Å². The zero-order valence-corrected chi connectivity index (χ0v) is 30.7. The number of hydrogen-bond donors (Lipinski definition) is 1. The molecule has 0 fully saturated rings. The number of aromatic hydroxyl groups is 1. The van der Waals surface area contributed by atoms with Gasteiger partial charge in [0.05, 0.1) is 49.8 Å². The fraction of sp³-hybridized carbons (Fsp3) is 0.366. The van der Waals surface area contributed by atoms with Crippen LogP contribution in [-0.4, -0.2) is 54.9 Å². The smallest absolute Gasteiger partial charge is 0.220 e. The van der Waals surface area contributed by atoms with Gasteiger partial charge in [0.15, 0.2) is 34.5 Å². The summed E-state index contributed by atoms with van der Waals surface area (Å²) < 4.78 is 38.7. The molecule has 2 atom stereocenters. The Balaban J connectivity index is 0.000000198. The molecule has 10 nitrogen and oxygen atoms in total. The number of fused-ring (bicyclic) bond motifs is 6. The van der Waals surface area contributed by atoms with Crippen LogP contribution in [0.2, 0.25) is 0 Å². The van der Waals surface area contributed by atoms with Gasteiger partial charge in [0, 0.05) is 11.1 Å². The topological polar surface area (TPSA) is 119 Å². The summed E-state index contributed by atoms with van der Waals surface area (Å²) in [4.78, 5) is 24.6. The van der Waals surface area contributed by atoms with E-state index in [1.165, 1.54) is 19.2 Å². The first-order valence-electron chi connectivity index (χ1n) is 16.8. The Morgan fingerprint density at radius 3 is 1.33 bits per heavy atom. The first kappa shape index (κ1) is 36.9. The summed E-state index contributed by atoms with van der Waals surface area (Å²) in [6, 6.07) is 14.1. The minimum atomic E-state index is -0.379. The quantitative estimate of drug-likeness (QED) is 0.211. The maximum Gasteiger partial charge on any atom is 0.220 e. The van der Waals surface area contributed by atoms with Crippen LogP contribution in [0, 0.1) is 0 Å². The summed E-state index contributed by atoms with van der Waals surface area (Å²) in [5.74, 6) is 3.97. The molecule has 2 aliphatic rings. The molecule has 0 bridgehead atoms. The Morgan fingerprint density at radius 1 is 0.510 bits per heavy atom. The lowest BCUT2D eigenvalue weighted by atomic mass is 9.94. The van der Waals surface area contributed by atoms with Crippen molar-refractivity contribution in [3.63, 3.8) is 0 Å². The van der Waals surface area contributed by atoms with Crippen molar-refractivity contribution in [1.82, 2.24) is 0 Å². The molecular weight excluding hydrogens is 652 g/mol. The predicted octanol–water partition coefficient (Wildman–Crippen LogP) is 7.29. The van der Waals surface area contributed by atoms with Gasteiger partial charge in [-0.15, -0.1) is 0 Å². The molecule has 2 aliphatic carbocycles. The summed E-state index contributed by atoms with van der Waals surface area (Å²) in [6.45, 7) is 4.22. The number of benzene rings is 2. The van der Waals surface area contributed by atoms with Gasteiger partial charge in [-0.1, -0.05) is 26.0 Å². The number of aryl methyl sites for hydroxylation is 2. The highest BCUT2D eigenvalue weighted by Gasteiger charge is 2.29. The van der Waals surface area contributed by atoms with Crippen molar-refractivity contribution < 1.29 is 38.3 Å². The van der Waals surface area contributed by atoms with Crippen LogP contribution in [0.3, 0.4) is 0 Å². The molecule has 0 amide bonds. The zero-order chi connectivity index (χ0) is 37.0. The van der Waals surface area contributed by atoms with E-state index in [1.54, 1.807) is 60.9 Å². The van der Waals surface area contributed by atoms with Gasteiger partial charge in [-0.2, -0.15) is 0 Å². The van der Waals surface area contributed by atoms with Crippen molar-refractivity contribution in [3.05, 3.63) is 91.2 Å². The summed E-state index contributed by atoms with van der Waals surface area (Å²) in [5, 5.41) is 9.87. The van der Waals surface area contributed by atoms with E-state index < -0.39 is 0 Å². The van der Waals surface area contributed by atoms with Crippen molar-refractivity contribution in [3.8, 4) is 68.2 Å². The second-order valence-electron chi connectivity index (χ2n) is 12.6. The van der Waals surface area contributed by atoms with Gasteiger partial charge in [-0.05, 0) is 107 Å². The Labute approximate surface area is 298 Å². The number of methoxy groups -OCH3 is 7. The summed E-state index contributed by atoms with van der Waals surface area (Å²) >= 11 is 0. The molecule has 51 heavy (non-hydrogen) atoms. The molecule has 4 aromatic rings. The highest BCUT2D eigenvalue weighted by Crippen LogP contribution is 2.52. The normalized spacial score (nSPS) is 15.5. The largest absolute Gasteiger partial charge is 0.504 e. The second-order valence-corrected chi connectivity index (χ2v) is 12.6. The second kappa shape index (κ2) is 15.7. The Morgan fingerprint density at radius 2 is 0.922 bits per heavy atom. The maximum absolute atomic E-state index is 12.5. The van der Waals surface area contributed by atoms with Crippen LogP contribution in [0.5, 0.6) is 46.0 Å². The summed E-state index contributed by atoms with van der Waals surface area (Å²) in [7, 11) is 11.1. The van der Waals surface area contributed by atoms with Crippen molar-refractivity contribution in [2.24, 2.45) is 0 Å². The monoisotopic (exact) mass is 698 g/mol. The fourth-order valence-corrected chi connectivity index (χ4v) is 7.15.